The van der Waals surface area contributed by atoms with Gasteiger partial charge in [0.05, 0.1) is 14.2 Å². The molecule has 0 aliphatic heterocycles. The maximum Gasteiger partial charge on any atom is 0.336 e. The van der Waals surface area contributed by atoms with Gasteiger partial charge in [-0.15, -0.1) is 0 Å². The molecule has 1 N–H and O–H groups in total. The topological polar surface area (TPSA) is 73.9 Å². The van der Waals surface area contributed by atoms with Crippen LogP contribution in [0.3, 0.4) is 0 Å². The Kier molecular flexibility index (Phi) is 7.06. The summed E-state index contributed by atoms with van der Waals surface area (Å²) >= 11 is 0. The van der Waals surface area contributed by atoms with Gasteiger partial charge in [0.1, 0.15) is 5.75 Å². The number of carbonyl (C=O) groups excluding carboxylic acids is 2. The maximum atomic E-state index is 12.3. The number of esters is 1. The first-order valence-electron chi connectivity index (χ1n) is 9.58. The molecule has 158 valence electrons. The van der Waals surface area contributed by atoms with E-state index >= 15 is 0 Å². The zero-order valence-corrected chi connectivity index (χ0v) is 17.5. The number of ether oxygens (including phenoxy) is 3. The summed E-state index contributed by atoms with van der Waals surface area (Å²) in [7, 11) is 3.10. The van der Waals surface area contributed by atoms with Crippen molar-refractivity contribution in [3.8, 4) is 17.2 Å². The summed E-state index contributed by atoms with van der Waals surface area (Å²) in [6.07, 6.45) is 2.94. The van der Waals surface area contributed by atoms with Gasteiger partial charge in [0.25, 0.3) is 5.91 Å². The molecule has 0 saturated carbocycles. The van der Waals surface area contributed by atoms with Crippen LogP contribution in [0.25, 0.3) is 6.08 Å². The van der Waals surface area contributed by atoms with Crippen molar-refractivity contribution in [2.24, 2.45) is 0 Å². The second-order valence-corrected chi connectivity index (χ2v) is 6.71. The number of anilines is 1. The Bertz CT molecular complexity index is 1090. The molecule has 3 rings (SSSR count). The monoisotopic (exact) mass is 417 g/mol. The Balaban J connectivity index is 1.59. The van der Waals surface area contributed by atoms with Crippen molar-refractivity contribution in [3.05, 3.63) is 89.5 Å². The summed E-state index contributed by atoms with van der Waals surface area (Å²) < 4.78 is 15.7. The van der Waals surface area contributed by atoms with Crippen LogP contribution in [0.4, 0.5) is 5.69 Å². The Hall–Kier alpha value is -4.06. The fourth-order valence-electron chi connectivity index (χ4n) is 2.79. The molecule has 0 aliphatic rings. The summed E-state index contributed by atoms with van der Waals surface area (Å²) in [5.41, 5.74) is 3.05. The van der Waals surface area contributed by atoms with Crippen LogP contribution < -0.4 is 19.5 Å². The van der Waals surface area contributed by atoms with Gasteiger partial charge < -0.3 is 19.5 Å². The van der Waals surface area contributed by atoms with E-state index in [9.17, 15) is 9.59 Å². The van der Waals surface area contributed by atoms with E-state index in [1.165, 1.54) is 6.08 Å². The second-order valence-electron chi connectivity index (χ2n) is 6.71. The van der Waals surface area contributed by atoms with Gasteiger partial charge in [0, 0.05) is 17.3 Å². The highest BCUT2D eigenvalue weighted by atomic mass is 16.5. The molecular weight excluding hydrogens is 394 g/mol. The molecule has 3 aromatic carbocycles. The first-order chi connectivity index (χ1) is 15.0. The number of benzene rings is 3. The number of nitrogens with one attached hydrogen (secondary N) is 1. The van der Waals surface area contributed by atoms with Gasteiger partial charge >= 0.3 is 5.97 Å². The first kappa shape index (κ1) is 21.6. The molecule has 0 aliphatic carbocycles. The third kappa shape index (κ3) is 5.96. The minimum absolute atomic E-state index is 0.241. The minimum atomic E-state index is -0.536. The number of methoxy groups -OCH3 is 2. The Morgan fingerprint density at radius 2 is 1.52 bits per heavy atom. The van der Waals surface area contributed by atoms with Gasteiger partial charge in [0.15, 0.2) is 11.5 Å². The average Bonchev–Trinajstić information content (AvgIpc) is 2.79. The van der Waals surface area contributed by atoms with Crippen molar-refractivity contribution >= 4 is 23.6 Å². The standard InChI is InChI=1S/C25H23NO5/c1-17-4-10-20(11-5-17)26-25(28)19-8-12-21(13-9-19)31-24(27)15-7-18-6-14-22(29-2)23(16-18)30-3/h4-16H,1-3H3,(H,26,28)/b15-7+. The molecule has 6 heteroatoms. The lowest BCUT2D eigenvalue weighted by atomic mass is 10.2. The molecular formula is C25H23NO5. The van der Waals surface area contributed by atoms with E-state index in [1.54, 1.807) is 62.8 Å². The minimum Gasteiger partial charge on any atom is -0.493 e. The van der Waals surface area contributed by atoms with Crippen LogP contribution in [-0.4, -0.2) is 26.1 Å². The first-order valence-corrected chi connectivity index (χ1v) is 9.58. The Labute approximate surface area is 181 Å². The molecule has 31 heavy (non-hydrogen) atoms. The number of amides is 1. The third-order valence-electron chi connectivity index (χ3n) is 4.46. The van der Waals surface area contributed by atoms with Crippen molar-refractivity contribution in [1.29, 1.82) is 0 Å². The van der Waals surface area contributed by atoms with Crippen molar-refractivity contribution in [2.75, 3.05) is 19.5 Å². The van der Waals surface area contributed by atoms with Crippen LogP contribution in [0.5, 0.6) is 17.2 Å². The van der Waals surface area contributed by atoms with E-state index in [2.05, 4.69) is 5.32 Å². The lowest BCUT2D eigenvalue weighted by Crippen LogP contribution is -2.12. The second kappa shape index (κ2) is 10.1. The average molecular weight is 417 g/mol. The predicted molar refractivity (Wildman–Crippen MR) is 120 cm³/mol. The molecule has 1 amide bonds. The van der Waals surface area contributed by atoms with Gasteiger partial charge in [-0.1, -0.05) is 23.8 Å². The molecule has 3 aromatic rings. The highest BCUT2D eigenvalue weighted by Crippen LogP contribution is 2.28. The van der Waals surface area contributed by atoms with Crippen molar-refractivity contribution in [1.82, 2.24) is 0 Å². The molecule has 6 nitrogen and oxygen atoms in total. The summed E-state index contributed by atoms with van der Waals surface area (Å²) in [5.74, 6) is 0.738. The molecule has 0 fully saturated rings. The van der Waals surface area contributed by atoms with E-state index in [1.807, 2.05) is 31.2 Å². The molecule has 0 bridgehead atoms. The van der Waals surface area contributed by atoms with Crippen LogP contribution >= 0.6 is 0 Å². The summed E-state index contributed by atoms with van der Waals surface area (Å²) in [6.45, 7) is 1.98. The number of hydrogen-bond donors (Lipinski definition) is 1. The van der Waals surface area contributed by atoms with E-state index in [0.717, 1.165) is 11.1 Å². The normalized spacial score (nSPS) is 10.5. The number of aryl methyl sites for hydroxylation is 1. The Morgan fingerprint density at radius 3 is 2.16 bits per heavy atom. The van der Waals surface area contributed by atoms with Gasteiger partial charge in [-0.25, -0.2) is 4.79 Å². The smallest absolute Gasteiger partial charge is 0.336 e. The summed E-state index contributed by atoms with van der Waals surface area (Å²) in [4.78, 5) is 24.4. The lowest BCUT2D eigenvalue weighted by molar-refractivity contribution is -0.128. The maximum absolute atomic E-state index is 12.3. The SMILES string of the molecule is COc1ccc(/C=C/C(=O)Oc2ccc(C(=O)Nc3ccc(C)cc3)cc2)cc1OC. The predicted octanol–water partition coefficient (Wildman–Crippen LogP) is 4.88. The summed E-state index contributed by atoms with van der Waals surface area (Å²) in [6, 6.07) is 19.2. The number of rotatable bonds is 7. The molecule has 0 heterocycles. The lowest BCUT2D eigenvalue weighted by Gasteiger charge is -2.08. The van der Waals surface area contributed by atoms with Crippen LogP contribution in [0.15, 0.2) is 72.8 Å². The van der Waals surface area contributed by atoms with Crippen molar-refractivity contribution in [3.63, 3.8) is 0 Å². The largest absolute Gasteiger partial charge is 0.493 e. The third-order valence-corrected chi connectivity index (χ3v) is 4.46. The van der Waals surface area contributed by atoms with Gasteiger partial charge in [-0.2, -0.15) is 0 Å². The number of carbonyl (C=O) groups is 2. The zero-order valence-electron chi connectivity index (χ0n) is 17.5. The van der Waals surface area contributed by atoms with Gasteiger partial charge in [-0.05, 0) is 67.1 Å². The fraction of sp³-hybridized carbons (Fsp3) is 0.120. The molecule has 0 aromatic heterocycles. The zero-order chi connectivity index (χ0) is 22.2. The van der Waals surface area contributed by atoms with E-state index in [0.29, 0.717) is 28.5 Å². The fourth-order valence-corrected chi connectivity index (χ4v) is 2.79. The van der Waals surface area contributed by atoms with Crippen molar-refractivity contribution < 1.29 is 23.8 Å². The van der Waals surface area contributed by atoms with Crippen LogP contribution in [0, 0.1) is 6.92 Å². The highest BCUT2D eigenvalue weighted by Gasteiger charge is 2.08. The molecule has 0 radical (unpaired) electrons. The molecule has 0 unspecified atom stereocenters. The quantitative estimate of drug-likeness (QED) is 0.337. The van der Waals surface area contributed by atoms with Gasteiger partial charge in [0.2, 0.25) is 0 Å². The highest BCUT2D eigenvalue weighted by molar-refractivity contribution is 6.04. The molecule has 0 saturated heterocycles. The molecule has 0 atom stereocenters. The van der Waals surface area contributed by atoms with E-state index in [-0.39, 0.29) is 5.91 Å². The molecule has 0 spiro atoms. The van der Waals surface area contributed by atoms with Crippen LogP contribution in [0.1, 0.15) is 21.5 Å². The van der Waals surface area contributed by atoms with Crippen LogP contribution in [0.2, 0.25) is 0 Å². The van der Waals surface area contributed by atoms with Crippen molar-refractivity contribution in [2.45, 2.75) is 6.92 Å². The van der Waals surface area contributed by atoms with E-state index in [4.69, 9.17) is 14.2 Å². The summed E-state index contributed by atoms with van der Waals surface area (Å²) in [5, 5.41) is 2.82. The van der Waals surface area contributed by atoms with E-state index < -0.39 is 5.97 Å². The Morgan fingerprint density at radius 1 is 0.839 bits per heavy atom. The number of hydrogen-bond acceptors (Lipinski definition) is 5. The van der Waals surface area contributed by atoms with Gasteiger partial charge in [-0.3, -0.25) is 4.79 Å². The van der Waals surface area contributed by atoms with Crippen LogP contribution in [-0.2, 0) is 4.79 Å².